The SMILES string of the molecule is Cn1cnnc1[C@H](F)C1(c2cccc(N3Cc4c(cc(CN5CC(C)(C)C5)cc4C(F)(F)F)C3=O)c2)COC1. The number of halogens is 4. The van der Waals surface area contributed by atoms with E-state index in [-0.39, 0.29) is 42.1 Å². The third-order valence-corrected chi connectivity index (χ3v) is 8.03. The number of carbonyl (C=O) groups is 1. The second-order valence-corrected chi connectivity index (χ2v) is 11.7. The molecule has 2 aromatic carbocycles. The van der Waals surface area contributed by atoms with Crippen molar-refractivity contribution in [1.29, 1.82) is 0 Å². The van der Waals surface area contributed by atoms with Crippen LogP contribution < -0.4 is 4.90 Å². The summed E-state index contributed by atoms with van der Waals surface area (Å²) in [6.07, 6.45) is -4.70. The quantitative estimate of drug-likeness (QED) is 0.418. The first kappa shape index (κ1) is 25.9. The largest absolute Gasteiger partial charge is 0.416 e. The van der Waals surface area contributed by atoms with E-state index in [4.69, 9.17) is 4.74 Å². The van der Waals surface area contributed by atoms with E-state index < -0.39 is 29.2 Å². The lowest BCUT2D eigenvalue weighted by Crippen LogP contribution is -2.52. The molecule has 3 aliphatic rings. The second kappa shape index (κ2) is 8.85. The Hall–Kier alpha value is -3.31. The first-order valence-corrected chi connectivity index (χ1v) is 12.8. The molecule has 0 aliphatic carbocycles. The molecule has 3 aliphatic heterocycles. The Labute approximate surface area is 223 Å². The zero-order valence-electron chi connectivity index (χ0n) is 21.9. The number of alkyl halides is 4. The molecule has 206 valence electrons. The summed E-state index contributed by atoms with van der Waals surface area (Å²) in [5, 5.41) is 7.69. The third kappa shape index (κ3) is 4.31. The summed E-state index contributed by atoms with van der Waals surface area (Å²) >= 11 is 0. The van der Waals surface area contributed by atoms with Crippen molar-refractivity contribution < 1.29 is 27.1 Å². The van der Waals surface area contributed by atoms with Gasteiger partial charge in [0.1, 0.15) is 6.33 Å². The zero-order valence-corrected chi connectivity index (χ0v) is 21.9. The molecule has 2 fully saturated rings. The van der Waals surface area contributed by atoms with Gasteiger partial charge < -0.3 is 14.2 Å². The van der Waals surface area contributed by atoms with Crippen molar-refractivity contribution in [3.05, 3.63) is 76.4 Å². The number of hydrogen-bond acceptors (Lipinski definition) is 5. The van der Waals surface area contributed by atoms with E-state index in [2.05, 4.69) is 28.9 Å². The summed E-state index contributed by atoms with van der Waals surface area (Å²) in [5.74, 6) is -0.344. The van der Waals surface area contributed by atoms with Gasteiger partial charge in [-0.05, 0) is 46.4 Å². The molecule has 3 aromatic rings. The van der Waals surface area contributed by atoms with E-state index in [1.54, 1.807) is 37.4 Å². The molecule has 6 rings (SSSR count). The fraction of sp³-hybridized carbons (Fsp3) is 0.464. The van der Waals surface area contributed by atoms with Gasteiger partial charge in [-0.3, -0.25) is 9.69 Å². The highest BCUT2D eigenvalue weighted by molar-refractivity contribution is 6.10. The predicted molar refractivity (Wildman–Crippen MR) is 135 cm³/mol. The van der Waals surface area contributed by atoms with Gasteiger partial charge in [-0.1, -0.05) is 26.0 Å². The first-order valence-electron chi connectivity index (χ1n) is 12.8. The van der Waals surface area contributed by atoms with Crippen LogP contribution in [0.15, 0.2) is 42.7 Å². The van der Waals surface area contributed by atoms with E-state index in [1.807, 2.05) is 0 Å². The minimum atomic E-state index is -4.60. The smallest absolute Gasteiger partial charge is 0.379 e. The number of hydrogen-bond donors (Lipinski definition) is 0. The van der Waals surface area contributed by atoms with Gasteiger partial charge in [0.2, 0.25) is 0 Å². The molecule has 39 heavy (non-hydrogen) atoms. The summed E-state index contributed by atoms with van der Waals surface area (Å²) in [5.41, 5.74) is -0.195. The topological polar surface area (TPSA) is 63.5 Å². The first-order chi connectivity index (χ1) is 18.4. The molecule has 2 saturated heterocycles. The normalized spacial score (nSPS) is 20.9. The molecule has 0 radical (unpaired) electrons. The fourth-order valence-electron chi connectivity index (χ4n) is 6.09. The number of fused-ring (bicyclic) bond motifs is 1. The van der Waals surface area contributed by atoms with Crippen LogP contribution in [0.4, 0.5) is 23.2 Å². The maximum Gasteiger partial charge on any atom is 0.416 e. The lowest BCUT2D eigenvalue weighted by atomic mass is 9.74. The zero-order chi connectivity index (χ0) is 27.7. The number of carbonyl (C=O) groups excluding carboxylic acids is 1. The van der Waals surface area contributed by atoms with Gasteiger partial charge in [0.25, 0.3) is 5.91 Å². The van der Waals surface area contributed by atoms with E-state index in [1.165, 1.54) is 21.9 Å². The molecule has 0 spiro atoms. The number of rotatable bonds is 6. The molecular weight excluding hydrogens is 514 g/mol. The molecule has 4 heterocycles. The molecule has 1 atom stereocenters. The van der Waals surface area contributed by atoms with Gasteiger partial charge in [-0.15, -0.1) is 10.2 Å². The number of benzene rings is 2. The number of aryl methyl sites for hydroxylation is 1. The molecular formula is C28H29F4N5O2. The van der Waals surface area contributed by atoms with Crippen molar-refractivity contribution in [3.8, 4) is 0 Å². The number of aromatic nitrogens is 3. The fourth-order valence-corrected chi connectivity index (χ4v) is 6.09. The standard InChI is InChI=1S/C28H29F4N5O2/c1-26(2)12-36(13-26)10-17-7-20-21(22(8-17)28(30,31)32)11-37(25(20)38)19-6-4-5-18(9-19)27(14-39-15-27)23(29)24-34-33-16-35(24)3/h4-9,16,23H,10-15H2,1-3H3/t23-/m0/s1. The number of likely N-dealkylation sites (tertiary alicyclic amines) is 1. The maximum absolute atomic E-state index is 15.8. The van der Waals surface area contributed by atoms with Gasteiger partial charge in [0, 0.05) is 37.9 Å². The number of nitrogens with zero attached hydrogens (tertiary/aromatic N) is 5. The molecule has 7 nitrogen and oxygen atoms in total. The van der Waals surface area contributed by atoms with Crippen LogP contribution in [0.3, 0.4) is 0 Å². The van der Waals surface area contributed by atoms with Crippen LogP contribution in [0.5, 0.6) is 0 Å². The van der Waals surface area contributed by atoms with Crippen LogP contribution in [0.25, 0.3) is 0 Å². The average molecular weight is 544 g/mol. The molecule has 0 unspecified atom stereocenters. The Morgan fingerprint density at radius 2 is 1.87 bits per heavy atom. The lowest BCUT2D eigenvalue weighted by Gasteiger charge is -2.46. The Morgan fingerprint density at radius 3 is 2.46 bits per heavy atom. The van der Waals surface area contributed by atoms with Crippen LogP contribution in [0.1, 0.15) is 58.5 Å². The van der Waals surface area contributed by atoms with E-state index in [9.17, 15) is 18.0 Å². The highest BCUT2D eigenvalue weighted by atomic mass is 19.4. The van der Waals surface area contributed by atoms with Crippen molar-refractivity contribution in [3.63, 3.8) is 0 Å². The predicted octanol–water partition coefficient (Wildman–Crippen LogP) is 4.81. The number of ether oxygens (including phenoxy) is 1. The van der Waals surface area contributed by atoms with Crippen LogP contribution >= 0.6 is 0 Å². The third-order valence-electron chi connectivity index (χ3n) is 8.03. The van der Waals surface area contributed by atoms with Crippen molar-refractivity contribution >= 4 is 11.6 Å². The average Bonchev–Trinajstić information content (AvgIpc) is 3.39. The van der Waals surface area contributed by atoms with Gasteiger partial charge in [-0.2, -0.15) is 13.2 Å². The molecule has 1 amide bonds. The van der Waals surface area contributed by atoms with Crippen LogP contribution in [-0.2, 0) is 36.5 Å². The Bertz CT molecular complexity index is 1440. The minimum Gasteiger partial charge on any atom is -0.379 e. The Balaban J connectivity index is 1.32. The van der Waals surface area contributed by atoms with Gasteiger partial charge in [0.15, 0.2) is 12.0 Å². The van der Waals surface area contributed by atoms with Gasteiger partial charge in [0.05, 0.1) is 30.7 Å². The Morgan fingerprint density at radius 1 is 1.13 bits per heavy atom. The Kier molecular flexibility index (Phi) is 5.89. The van der Waals surface area contributed by atoms with Gasteiger partial charge >= 0.3 is 6.18 Å². The summed E-state index contributed by atoms with van der Waals surface area (Å²) in [4.78, 5) is 16.9. The van der Waals surface area contributed by atoms with Crippen LogP contribution in [0, 0.1) is 5.41 Å². The molecule has 11 heteroatoms. The summed E-state index contributed by atoms with van der Waals surface area (Å²) < 4.78 is 65.2. The summed E-state index contributed by atoms with van der Waals surface area (Å²) in [6, 6.07) is 9.53. The molecule has 1 aromatic heterocycles. The minimum absolute atomic E-state index is 0.0327. The van der Waals surface area contributed by atoms with Crippen molar-refractivity contribution in [1.82, 2.24) is 19.7 Å². The van der Waals surface area contributed by atoms with E-state index >= 15 is 4.39 Å². The van der Waals surface area contributed by atoms with Crippen LogP contribution in [-0.4, -0.2) is 51.9 Å². The maximum atomic E-state index is 15.8. The van der Waals surface area contributed by atoms with Gasteiger partial charge in [-0.25, -0.2) is 4.39 Å². The number of anilines is 1. The monoisotopic (exact) mass is 543 g/mol. The van der Waals surface area contributed by atoms with Crippen molar-refractivity contribution in [2.24, 2.45) is 12.5 Å². The highest BCUT2D eigenvalue weighted by Gasteiger charge is 2.51. The van der Waals surface area contributed by atoms with Crippen molar-refractivity contribution in [2.75, 3.05) is 31.2 Å². The van der Waals surface area contributed by atoms with Crippen molar-refractivity contribution in [2.45, 2.75) is 44.7 Å². The summed E-state index contributed by atoms with van der Waals surface area (Å²) in [7, 11) is 1.65. The lowest BCUT2D eigenvalue weighted by molar-refractivity contribution is -0.138. The van der Waals surface area contributed by atoms with E-state index in [0.717, 1.165) is 13.1 Å². The highest BCUT2D eigenvalue weighted by Crippen LogP contribution is 2.47. The van der Waals surface area contributed by atoms with E-state index in [0.29, 0.717) is 23.4 Å². The van der Waals surface area contributed by atoms with Crippen LogP contribution in [0.2, 0.25) is 0 Å². The number of amides is 1. The molecule has 0 bridgehead atoms. The molecule has 0 saturated carbocycles. The second-order valence-electron chi connectivity index (χ2n) is 11.7. The molecule has 0 N–H and O–H groups in total. The summed E-state index contributed by atoms with van der Waals surface area (Å²) in [6.45, 7) is 6.14.